The summed E-state index contributed by atoms with van der Waals surface area (Å²) in [6.07, 6.45) is 10.7. The Morgan fingerprint density at radius 2 is 1.81 bits per heavy atom. The van der Waals surface area contributed by atoms with Crippen molar-refractivity contribution >= 4 is 5.69 Å². The topological polar surface area (TPSA) is 32.3 Å². The Labute approximate surface area is 220 Å². The maximum Gasteiger partial charge on any atom is 0.125 e. The van der Waals surface area contributed by atoms with Gasteiger partial charge in [0.25, 0.3) is 0 Å². The van der Waals surface area contributed by atoms with Gasteiger partial charge in [-0.25, -0.2) is 14.4 Å². The fourth-order valence-corrected chi connectivity index (χ4v) is 3.91. The predicted molar refractivity (Wildman–Crippen MR) is 156 cm³/mol. The third-order valence-electron chi connectivity index (χ3n) is 5.95. The Morgan fingerprint density at radius 3 is 2.33 bits per heavy atom. The molecule has 1 aromatic carbocycles. The van der Waals surface area contributed by atoms with Crippen molar-refractivity contribution in [3.05, 3.63) is 91.8 Å². The highest BCUT2D eigenvalue weighted by molar-refractivity contribution is 5.43. The van der Waals surface area contributed by atoms with E-state index in [4.69, 9.17) is 0 Å². The zero-order valence-corrected chi connectivity index (χ0v) is 23.6. The van der Waals surface area contributed by atoms with E-state index >= 15 is 0 Å². The first-order valence-corrected chi connectivity index (χ1v) is 13.1. The maximum atomic E-state index is 13.5. The molecule has 1 fully saturated rings. The van der Waals surface area contributed by atoms with Crippen molar-refractivity contribution in [2.24, 2.45) is 5.92 Å². The average molecular weight is 497 g/mol. The van der Waals surface area contributed by atoms with E-state index < -0.39 is 0 Å². The van der Waals surface area contributed by atoms with Crippen molar-refractivity contribution in [1.82, 2.24) is 14.9 Å². The van der Waals surface area contributed by atoms with Gasteiger partial charge in [0.1, 0.15) is 11.6 Å². The summed E-state index contributed by atoms with van der Waals surface area (Å²) in [5.74, 6) is 1.29. The van der Waals surface area contributed by atoms with Gasteiger partial charge in [0, 0.05) is 19.6 Å². The SMILES string of the molecule is C=C.C=CC(CCC)CCC(=C)C.CC.Cc1ncc(N2CCN(C)C(c3cccc(F)c3)C2)cn1. The van der Waals surface area contributed by atoms with Gasteiger partial charge in [-0.3, -0.25) is 4.90 Å². The lowest BCUT2D eigenvalue weighted by molar-refractivity contribution is 0.220. The number of piperazine rings is 1. The minimum absolute atomic E-state index is 0.177. The lowest BCUT2D eigenvalue weighted by Crippen LogP contribution is -2.46. The molecule has 3 rings (SSSR count). The molecule has 0 spiro atoms. The zero-order chi connectivity index (χ0) is 27.5. The standard InChI is InChI=1S/C16H19FN4.C11H20.C2H6.C2H4/c1-12-18-9-15(10-19-12)21-7-6-20(2)16(11-21)13-4-3-5-14(17)8-13;1-5-7-11(6-2)9-8-10(3)4;2*1-2/h3-5,8-10,16H,6-7,11H2,1-2H3;6,11H,2-3,5,7-9H2,1,4H3;1-2H3;1-2H2. The van der Waals surface area contributed by atoms with Crippen molar-refractivity contribution in [1.29, 1.82) is 0 Å². The minimum Gasteiger partial charge on any atom is -0.366 e. The molecule has 4 nitrogen and oxygen atoms in total. The van der Waals surface area contributed by atoms with Crippen LogP contribution in [0.1, 0.15) is 70.8 Å². The highest BCUT2D eigenvalue weighted by atomic mass is 19.1. The number of likely N-dealkylation sites (N-methyl/N-ethyl adjacent to an activating group) is 1. The van der Waals surface area contributed by atoms with Crippen LogP contribution < -0.4 is 4.90 Å². The zero-order valence-electron chi connectivity index (χ0n) is 23.6. The predicted octanol–water partition coefficient (Wildman–Crippen LogP) is 8.19. The molecule has 2 atom stereocenters. The molecule has 0 amide bonds. The summed E-state index contributed by atoms with van der Waals surface area (Å²) in [5.41, 5.74) is 3.32. The molecule has 2 heterocycles. The van der Waals surface area contributed by atoms with Crippen LogP contribution in [0.15, 0.2) is 74.6 Å². The summed E-state index contributed by atoms with van der Waals surface area (Å²) >= 11 is 0. The summed E-state index contributed by atoms with van der Waals surface area (Å²) in [7, 11) is 2.08. The van der Waals surface area contributed by atoms with E-state index in [1.807, 2.05) is 39.2 Å². The van der Waals surface area contributed by atoms with Gasteiger partial charge in [0.2, 0.25) is 0 Å². The summed E-state index contributed by atoms with van der Waals surface area (Å²) in [6.45, 7) is 26.6. The van der Waals surface area contributed by atoms with E-state index in [0.29, 0.717) is 5.92 Å². The number of rotatable bonds is 8. The minimum atomic E-state index is -0.184. The molecule has 1 aromatic heterocycles. The summed E-state index contributed by atoms with van der Waals surface area (Å²) < 4.78 is 13.5. The van der Waals surface area contributed by atoms with Crippen LogP contribution in [-0.4, -0.2) is 41.5 Å². The van der Waals surface area contributed by atoms with Crippen LogP contribution in [0.25, 0.3) is 0 Å². The fraction of sp³-hybridized carbons (Fsp3) is 0.484. The van der Waals surface area contributed by atoms with Gasteiger partial charge in [-0.1, -0.05) is 51.0 Å². The number of nitrogens with zero attached hydrogens (tertiary/aromatic N) is 4. The monoisotopic (exact) mass is 496 g/mol. The van der Waals surface area contributed by atoms with E-state index in [-0.39, 0.29) is 11.9 Å². The first kappa shape index (κ1) is 33.2. The Kier molecular flexibility index (Phi) is 17.9. The smallest absolute Gasteiger partial charge is 0.125 e. The largest absolute Gasteiger partial charge is 0.366 e. The van der Waals surface area contributed by atoms with Gasteiger partial charge in [-0.05, 0) is 63.8 Å². The van der Waals surface area contributed by atoms with E-state index in [2.05, 4.69) is 73.1 Å². The number of hydrogen-bond acceptors (Lipinski definition) is 4. The molecule has 200 valence electrons. The van der Waals surface area contributed by atoms with Crippen molar-refractivity contribution in [3.63, 3.8) is 0 Å². The second-order valence-electron chi connectivity index (χ2n) is 8.77. The third-order valence-corrected chi connectivity index (χ3v) is 5.95. The summed E-state index contributed by atoms with van der Waals surface area (Å²) in [6, 6.07) is 7.04. The van der Waals surface area contributed by atoms with Crippen LogP contribution >= 0.6 is 0 Å². The molecule has 1 aliphatic heterocycles. The molecular weight excluding hydrogens is 447 g/mol. The van der Waals surface area contributed by atoms with E-state index in [9.17, 15) is 4.39 Å². The summed E-state index contributed by atoms with van der Waals surface area (Å²) in [4.78, 5) is 13.0. The van der Waals surface area contributed by atoms with Crippen LogP contribution in [0.4, 0.5) is 10.1 Å². The Balaban J connectivity index is 0.000000697. The van der Waals surface area contributed by atoms with E-state index in [1.165, 1.54) is 30.9 Å². The number of anilines is 1. The second kappa shape index (κ2) is 19.4. The fourth-order valence-electron chi connectivity index (χ4n) is 3.91. The van der Waals surface area contributed by atoms with E-state index in [1.54, 1.807) is 12.1 Å². The molecule has 0 bridgehead atoms. The number of halogens is 1. The molecule has 0 radical (unpaired) electrons. The molecule has 0 N–H and O–H groups in total. The van der Waals surface area contributed by atoms with Crippen molar-refractivity contribution in [2.45, 2.75) is 66.3 Å². The number of aromatic nitrogens is 2. The molecule has 0 aliphatic carbocycles. The quantitative estimate of drug-likeness (QED) is 0.345. The maximum absolute atomic E-state index is 13.5. The summed E-state index contributed by atoms with van der Waals surface area (Å²) in [5, 5.41) is 0. The molecule has 1 saturated heterocycles. The molecule has 0 saturated carbocycles. The Bertz CT molecular complexity index is 865. The third kappa shape index (κ3) is 12.3. The number of aryl methyl sites for hydroxylation is 1. The van der Waals surface area contributed by atoms with Crippen molar-refractivity contribution in [3.8, 4) is 0 Å². The van der Waals surface area contributed by atoms with Crippen molar-refractivity contribution < 1.29 is 4.39 Å². The highest BCUT2D eigenvalue weighted by Gasteiger charge is 2.26. The second-order valence-corrected chi connectivity index (χ2v) is 8.77. The molecule has 2 aromatic rings. The van der Waals surface area contributed by atoms with Gasteiger partial charge in [-0.15, -0.1) is 26.3 Å². The molecule has 36 heavy (non-hydrogen) atoms. The average Bonchev–Trinajstić information content (AvgIpc) is 2.90. The van der Waals surface area contributed by atoms with Gasteiger partial charge < -0.3 is 4.90 Å². The number of allylic oxidation sites excluding steroid dienone is 2. The van der Waals surface area contributed by atoms with Crippen molar-refractivity contribution in [2.75, 3.05) is 31.6 Å². The molecule has 2 unspecified atom stereocenters. The van der Waals surface area contributed by atoms with Crippen LogP contribution in [0.3, 0.4) is 0 Å². The lowest BCUT2D eigenvalue weighted by Gasteiger charge is -2.40. The van der Waals surface area contributed by atoms with Gasteiger partial charge in [0.05, 0.1) is 24.1 Å². The Hall–Kier alpha value is -2.79. The normalized spacial score (nSPS) is 15.6. The van der Waals surface area contributed by atoms with Crippen LogP contribution in [0.5, 0.6) is 0 Å². The van der Waals surface area contributed by atoms with Crippen LogP contribution in [0, 0.1) is 18.7 Å². The number of benzene rings is 1. The van der Waals surface area contributed by atoms with Crippen LogP contribution in [0.2, 0.25) is 0 Å². The van der Waals surface area contributed by atoms with Gasteiger partial charge in [0.15, 0.2) is 0 Å². The number of hydrogen-bond donors (Lipinski definition) is 0. The lowest BCUT2D eigenvalue weighted by atomic mass is 9.96. The first-order chi connectivity index (χ1) is 17.3. The van der Waals surface area contributed by atoms with Gasteiger partial charge in [-0.2, -0.15) is 0 Å². The van der Waals surface area contributed by atoms with Gasteiger partial charge >= 0.3 is 0 Å². The Morgan fingerprint density at radius 1 is 1.17 bits per heavy atom. The first-order valence-electron chi connectivity index (χ1n) is 13.1. The van der Waals surface area contributed by atoms with E-state index in [0.717, 1.165) is 43.1 Å². The highest BCUT2D eigenvalue weighted by Crippen LogP contribution is 2.27. The molecule has 5 heteroatoms. The molecular formula is C31H49FN4. The van der Waals surface area contributed by atoms with Crippen LogP contribution in [-0.2, 0) is 0 Å². The molecule has 1 aliphatic rings.